The van der Waals surface area contributed by atoms with Gasteiger partial charge in [0, 0.05) is 17.3 Å². The largest absolute Gasteiger partial charge is 0.394 e. The molecule has 0 saturated carbocycles. The van der Waals surface area contributed by atoms with Crippen LogP contribution in [0.25, 0.3) is 5.82 Å². The smallest absolute Gasteiger partial charge is 0.319 e. The molecular weight excluding hydrogens is 446 g/mol. The van der Waals surface area contributed by atoms with Crippen molar-refractivity contribution in [3.8, 4) is 5.82 Å². The molecule has 0 spiro atoms. The van der Waals surface area contributed by atoms with Gasteiger partial charge in [-0.15, -0.1) is 0 Å². The van der Waals surface area contributed by atoms with E-state index in [1.807, 2.05) is 0 Å². The number of benzene rings is 1. The van der Waals surface area contributed by atoms with E-state index in [1.54, 1.807) is 42.7 Å². The van der Waals surface area contributed by atoms with Crippen molar-refractivity contribution in [2.24, 2.45) is 5.92 Å². The zero-order valence-electron chi connectivity index (χ0n) is 18.4. The van der Waals surface area contributed by atoms with Gasteiger partial charge in [-0.25, -0.2) is 14.5 Å². The van der Waals surface area contributed by atoms with Crippen molar-refractivity contribution in [3.05, 3.63) is 59.5 Å². The van der Waals surface area contributed by atoms with Crippen LogP contribution in [0.5, 0.6) is 0 Å². The van der Waals surface area contributed by atoms with Gasteiger partial charge in [0.1, 0.15) is 0 Å². The third kappa shape index (κ3) is 7.14. The number of hydrogen-bond donors (Lipinski definition) is 5. The van der Waals surface area contributed by atoms with Crippen LogP contribution < -0.4 is 16.0 Å². The van der Waals surface area contributed by atoms with Gasteiger partial charge in [-0.2, -0.15) is 10.1 Å². The number of hydrogen-bond acceptors (Lipinski definition) is 7. The number of aromatic nitrogens is 4. The Morgan fingerprint density at radius 1 is 1.21 bits per heavy atom. The summed E-state index contributed by atoms with van der Waals surface area (Å²) in [6, 6.07) is 7.34. The molecule has 2 heterocycles. The Hall–Kier alpha value is -3.21. The SMILES string of the molecule is CC(C)CC(CO)Nc1nccc(-n2cc(NC(=O)NC(CO)c3cccc(Cl)c3)cn2)n1. The summed E-state index contributed by atoms with van der Waals surface area (Å²) in [5.41, 5.74) is 1.13. The highest BCUT2D eigenvalue weighted by molar-refractivity contribution is 6.30. The highest BCUT2D eigenvalue weighted by Crippen LogP contribution is 2.18. The average molecular weight is 474 g/mol. The summed E-state index contributed by atoms with van der Waals surface area (Å²) in [5, 5.41) is 32.5. The molecule has 10 nitrogen and oxygen atoms in total. The van der Waals surface area contributed by atoms with Gasteiger partial charge in [0.05, 0.1) is 43.4 Å². The second-order valence-corrected chi connectivity index (χ2v) is 8.39. The number of nitrogens with one attached hydrogen (secondary N) is 3. The van der Waals surface area contributed by atoms with Crippen LogP contribution in [0.4, 0.5) is 16.4 Å². The van der Waals surface area contributed by atoms with Crippen molar-refractivity contribution in [2.75, 3.05) is 23.8 Å². The molecule has 11 heteroatoms. The Balaban J connectivity index is 1.64. The quantitative estimate of drug-likeness (QED) is 0.305. The van der Waals surface area contributed by atoms with Crippen molar-refractivity contribution >= 4 is 29.3 Å². The lowest BCUT2D eigenvalue weighted by atomic mass is 10.0. The van der Waals surface area contributed by atoms with E-state index in [1.165, 1.54) is 10.9 Å². The molecule has 2 atom stereocenters. The lowest BCUT2D eigenvalue weighted by molar-refractivity contribution is 0.225. The Kier molecular flexibility index (Phi) is 8.58. The van der Waals surface area contributed by atoms with Gasteiger partial charge in [0.15, 0.2) is 5.82 Å². The predicted molar refractivity (Wildman–Crippen MR) is 127 cm³/mol. The van der Waals surface area contributed by atoms with Gasteiger partial charge in [0.25, 0.3) is 0 Å². The molecule has 5 N–H and O–H groups in total. The van der Waals surface area contributed by atoms with E-state index in [9.17, 15) is 15.0 Å². The molecule has 0 aliphatic heterocycles. The number of aliphatic hydroxyl groups excluding tert-OH is 2. The summed E-state index contributed by atoms with van der Waals surface area (Å²) >= 11 is 5.99. The summed E-state index contributed by atoms with van der Waals surface area (Å²) in [7, 11) is 0. The molecule has 0 radical (unpaired) electrons. The Morgan fingerprint density at radius 2 is 2.03 bits per heavy atom. The van der Waals surface area contributed by atoms with E-state index < -0.39 is 12.1 Å². The predicted octanol–water partition coefficient (Wildman–Crippen LogP) is 2.99. The van der Waals surface area contributed by atoms with Crippen molar-refractivity contribution < 1.29 is 15.0 Å². The van der Waals surface area contributed by atoms with Crippen LogP contribution in [-0.4, -0.2) is 55.2 Å². The van der Waals surface area contributed by atoms with Crippen molar-refractivity contribution in [3.63, 3.8) is 0 Å². The van der Waals surface area contributed by atoms with Crippen LogP contribution in [0.1, 0.15) is 31.9 Å². The molecule has 2 unspecified atom stereocenters. The van der Waals surface area contributed by atoms with Crippen molar-refractivity contribution in [1.29, 1.82) is 0 Å². The molecule has 1 aromatic carbocycles. The van der Waals surface area contributed by atoms with Crippen LogP contribution in [0.3, 0.4) is 0 Å². The minimum atomic E-state index is -0.612. The van der Waals surface area contributed by atoms with Crippen LogP contribution in [0, 0.1) is 5.92 Å². The zero-order chi connectivity index (χ0) is 23.8. The van der Waals surface area contributed by atoms with Gasteiger partial charge in [-0.3, -0.25) is 0 Å². The normalized spacial score (nSPS) is 12.9. The molecule has 2 amide bonds. The summed E-state index contributed by atoms with van der Waals surface area (Å²) in [6.45, 7) is 3.84. The number of rotatable bonds is 10. The van der Waals surface area contributed by atoms with Crippen LogP contribution >= 0.6 is 11.6 Å². The molecule has 176 valence electrons. The Morgan fingerprint density at radius 3 is 2.73 bits per heavy atom. The van der Waals surface area contributed by atoms with Crippen molar-refractivity contribution in [2.45, 2.75) is 32.4 Å². The number of carbonyl (C=O) groups is 1. The van der Waals surface area contributed by atoms with E-state index in [2.05, 4.69) is 44.9 Å². The fourth-order valence-corrected chi connectivity index (χ4v) is 3.47. The second-order valence-electron chi connectivity index (χ2n) is 7.95. The highest BCUT2D eigenvalue weighted by Gasteiger charge is 2.15. The van der Waals surface area contributed by atoms with Gasteiger partial charge in [-0.1, -0.05) is 37.6 Å². The monoisotopic (exact) mass is 473 g/mol. The van der Waals surface area contributed by atoms with Crippen LogP contribution in [0.15, 0.2) is 48.9 Å². The zero-order valence-corrected chi connectivity index (χ0v) is 19.2. The van der Waals surface area contributed by atoms with E-state index >= 15 is 0 Å². The van der Waals surface area contributed by atoms with Gasteiger partial charge >= 0.3 is 6.03 Å². The summed E-state index contributed by atoms with van der Waals surface area (Å²) in [4.78, 5) is 21.1. The first-order valence-electron chi connectivity index (χ1n) is 10.6. The van der Waals surface area contributed by atoms with Crippen molar-refractivity contribution in [1.82, 2.24) is 25.1 Å². The molecule has 0 aliphatic rings. The summed E-state index contributed by atoms with van der Waals surface area (Å²) in [6.07, 6.45) is 5.46. The van der Waals surface area contributed by atoms with E-state index in [4.69, 9.17) is 11.6 Å². The van der Waals surface area contributed by atoms with E-state index in [-0.39, 0.29) is 19.3 Å². The highest BCUT2D eigenvalue weighted by atomic mass is 35.5. The number of amides is 2. The van der Waals surface area contributed by atoms with E-state index in [0.717, 1.165) is 6.42 Å². The first-order valence-corrected chi connectivity index (χ1v) is 10.9. The average Bonchev–Trinajstić information content (AvgIpc) is 3.25. The summed E-state index contributed by atoms with van der Waals surface area (Å²) in [5.74, 6) is 1.28. The molecule has 0 aliphatic carbocycles. The van der Waals surface area contributed by atoms with Gasteiger partial charge in [-0.05, 0) is 30.0 Å². The third-order valence-corrected chi connectivity index (χ3v) is 5.00. The maximum Gasteiger partial charge on any atom is 0.319 e. The number of aliphatic hydroxyl groups is 2. The fourth-order valence-electron chi connectivity index (χ4n) is 3.27. The molecule has 0 bridgehead atoms. The maximum absolute atomic E-state index is 12.4. The Bertz CT molecular complexity index is 1060. The third-order valence-electron chi connectivity index (χ3n) is 4.76. The fraction of sp³-hybridized carbons (Fsp3) is 0.364. The standard InChI is InChI=1S/C22H28ClN7O3/c1-14(2)8-17(12-31)26-21-24-7-6-20(29-21)30-11-18(10-25-30)27-22(33)28-19(13-32)15-4-3-5-16(23)9-15/h3-7,9-11,14,17,19,31-32H,8,12-13H2,1-2H3,(H,24,26,29)(H2,27,28,33). The summed E-state index contributed by atoms with van der Waals surface area (Å²) < 4.78 is 1.50. The number of urea groups is 1. The molecule has 0 saturated heterocycles. The molecular formula is C22H28ClN7O3. The topological polar surface area (TPSA) is 137 Å². The number of halogens is 1. The van der Waals surface area contributed by atoms with Crippen LogP contribution in [-0.2, 0) is 0 Å². The first kappa shape index (κ1) is 24.4. The molecule has 33 heavy (non-hydrogen) atoms. The van der Waals surface area contributed by atoms with Crippen LogP contribution in [0.2, 0.25) is 5.02 Å². The van der Waals surface area contributed by atoms with Gasteiger partial charge in [0.2, 0.25) is 5.95 Å². The second kappa shape index (κ2) is 11.6. The van der Waals surface area contributed by atoms with Gasteiger partial charge < -0.3 is 26.2 Å². The number of carbonyl (C=O) groups excluding carboxylic acids is 1. The Labute approximate surface area is 197 Å². The minimum Gasteiger partial charge on any atom is -0.394 e. The lowest BCUT2D eigenvalue weighted by Gasteiger charge is -2.18. The number of anilines is 2. The molecule has 3 aromatic rings. The first-order chi connectivity index (χ1) is 15.9. The molecule has 0 fully saturated rings. The molecule has 3 rings (SSSR count). The number of nitrogens with zero attached hydrogens (tertiary/aromatic N) is 4. The lowest BCUT2D eigenvalue weighted by Crippen LogP contribution is -2.34. The van der Waals surface area contributed by atoms with E-state index in [0.29, 0.717) is 34.0 Å². The maximum atomic E-state index is 12.4. The minimum absolute atomic E-state index is 0.0270. The molecule has 2 aromatic heterocycles.